The van der Waals surface area contributed by atoms with Crippen LogP contribution in [0.25, 0.3) is 0 Å². The minimum absolute atomic E-state index is 0.0910. The highest BCUT2D eigenvalue weighted by Gasteiger charge is 2.28. The van der Waals surface area contributed by atoms with Crippen LogP contribution in [0.5, 0.6) is 0 Å². The number of amidine groups is 1. The van der Waals surface area contributed by atoms with Crippen molar-refractivity contribution in [2.75, 3.05) is 0 Å². The summed E-state index contributed by atoms with van der Waals surface area (Å²) in [4.78, 5) is 12.1. The molecule has 1 amide bonds. The van der Waals surface area contributed by atoms with Crippen molar-refractivity contribution in [3.8, 4) is 0 Å². The van der Waals surface area contributed by atoms with Gasteiger partial charge in [0, 0.05) is 12.8 Å². The molecule has 0 spiro atoms. The third kappa shape index (κ3) is 4.51. The summed E-state index contributed by atoms with van der Waals surface area (Å²) in [6, 6.07) is 3.27. The van der Waals surface area contributed by atoms with Crippen LogP contribution in [-0.2, 0) is 11.2 Å². The lowest BCUT2D eigenvalue weighted by molar-refractivity contribution is -0.121. The second-order valence-corrected chi connectivity index (χ2v) is 5.55. The minimum Gasteiger partial charge on any atom is -0.469 e. The number of hydrogen-bond donors (Lipinski definition) is 3. The molecule has 0 aliphatic heterocycles. The summed E-state index contributed by atoms with van der Waals surface area (Å²) in [5.74, 6) is 1.02. The number of oxime groups is 1. The van der Waals surface area contributed by atoms with Crippen molar-refractivity contribution in [1.82, 2.24) is 5.32 Å². The predicted molar refractivity (Wildman–Crippen MR) is 78.9 cm³/mol. The fourth-order valence-electron chi connectivity index (χ4n) is 2.90. The second kappa shape index (κ2) is 7.71. The van der Waals surface area contributed by atoms with Gasteiger partial charge in [-0.25, -0.2) is 0 Å². The van der Waals surface area contributed by atoms with Gasteiger partial charge in [-0.1, -0.05) is 24.4 Å². The quantitative estimate of drug-likeness (QED) is 0.323. The maximum absolute atomic E-state index is 12.1. The van der Waals surface area contributed by atoms with Crippen molar-refractivity contribution in [2.45, 2.75) is 51.0 Å². The van der Waals surface area contributed by atoms with Crippen LogP contribution in [0.3, 0.4) is 0 Å². The molecule has 1 aromatic heterocycles. The Bertz CT molecular complexity index is 465. The van der Waals surface area contributed by atoms with Crippen molar-refractivity contribution in [3.05, 3.63) is 24.2 Å². The molecule has 0 aromatic carbocycles. The number of furan rings is 1. The SMILES string of the molecule is N/C(=N/O)C(NC(=O)CCc1ccco1)C1CCCCC1. The van der Waals surface area contributed by atoms with Gasteiger partial charge >= 0.3 is 0 Å². The fourth-order valence-corrected chi connectivity index (χ4v) is 2.90. The number of carbonyl (C=O) groups is 1. The summed E-state index contributed by atoms with van der Waals surface area (Å²) < 4.78 is 5.21. The lowest BCUT2D eigenvalue weighted by Crippen LogP contribution is -2.49. The van der Waals surface area contributed by atoms with E-state index < -0.39 is 0 Å². The molecular weight excluding hydrogens is 270 g/mol. The molecule has 1 aromatic rings. The molecule has 0 saturated heterocycles. The normalized spacial score (nSPS) is 18.4. The molecule has 1 unspecified atom stereocenters. The molecule has 0 radical (unpaired) electrons. The number of nitrogens with one attached hydrogen (secondary N) is 1. The number of amides is 1. The Morgan fingerprint density at radius 2 is 2.24 bits per heavy atom. The Morgan fingerprint density at radius 3 is 2.86 bits per heavy atom. The molecule has 6 heteroatoms. The highest BCUT2D eigenvalue weighted by atomic mass is 16.4. The van der Waals surface area contributed by atoms with E-state index in [0.717, 1.165) is 31.4 Å². The van der Waals surface area contributed by atoms with Crippen LogP contribution in [0.1, 0.15) is 44.3 Å². The van der Waals surface area contributed by atoms with E-state index in [1.54, 1.807) is 12.3 Å². The van der Waals surface area contributed by atoms with E-state index in [9.17, 15) is 4.79 Å². The highest BCUT2D eigenvalue weighted by molar-refractivity contribution is 5.90. The van der Waals surface area contributed by atoms with E-state index in [-0.39, 0.29) is 23.7 Å². The zero-order valence-electron chi connectivity index (χ0n) is 12.1. The van der Waals surface area contributed by atoms with Gasteiger partial charge < -0.3 is 20.7 Å². The first kappa shape index (κ1) is 15.4. The lowest BCUT2D eigenvalue weighted by Gasteiger charge is -2.30. The average molecular weight is 293 g/mol. The summed E-state index contributed by atoms with van der Waals surface area (Å²) in [7, 11) is 0. The van der Waals surface area contributed by atoms with Gasteiger partial charge in [0.05, 0.1) is 12.3 Å². The van der Waals surface area contributed by atoms with Crippen LogP contribution in [0.4, 0.5) is 0 Å². The smallest absolute Gasteiger partial charge is 0.221 e. The van der Waals surface area contributed by atoms with Crippen LogP contribution in [-0.4, -0.2) is 23.0 Å². The maximum atomic E-state index is 12.1. The van der Waals surface area contributed by atoms with E-state index in [2.05, 4.69) is 10.5 Å². The molecule has 1 atom stereocenters. The Balaban J connectivity index is 1.89. The molecule has 1 heterocycles. The zero-order valence-corrected chi connectivity index (χ0v) is 12.1. The van der Waals surface area contributed by atoms with Crippen molar-refractivity contribution < 1.29 is 14.4 Å². The summed E-state index contributed by atoms with van der Waals surface area (Å²) in [5.41, 5.74) is 5.75. The third-order valence-corrected chi connectivity index (χ3v) is 4.05. The van der Waals surface area contributed by atoms with Crippen molar-refractivity contribution in [3.63, 3.8) is 0 Å². The van der Waals surface area contributed by atoms with Gasteiger partial charge in [-0.3, -0.25) is 4.79 Å². The Kier molecular flexibility index (Phi) is 5.66. The summed E-state index contributed by atoms with van der Waals surface area (Å²) in [6.45, 7) is 0. The molecule has 2 rings (SSSR count). The van der Waals surface area contributed by atoms with Crippen LogP contribution in [0.15, 0.2) is 28.0 Å². The van der Waals surface area contributed by atoms with E-state index >= 15 is 0 Å². The van der Waals surface area contributed by atoms with Gasteiger partial charge in [0.15, 0.2) is 5.84 Å². The third-order valence-electron chi connectivity index (χ3n) is 4.05. The molecular formula is C15H23N3O3. The van der Waals surface area contributed by atoms with Gasteiger partial charge in [-0.2, -0.15) is 0 Å². The first-order chi connectivity index (χ1) is 10.2. The van der Waals surface area contributed by atoms with Gasteiger partial charge in [0.25, 0.3) is 0 Å². The highest BCUT2D eigenvalue weighted by Crippen LogP contribution is 2.26. The van der Waals surface area contributed by atoms with Gasteiger partial charge in [0.1, 0.15) is 5.76 Å². The monoisotopic (exact) mass is 293 g/mol. The molecule has 4 N–H and O–H groups in total. The molecule has 6 nitrogen and oxygen atoms in total. The minimum atomic E-state index is -0.376. The first-order valence-corrected chi connectivity index (χ1v) is 7.50. The summed E-state index contributed by atoms with van der Waals surface area (Å²) >= 11 is 0. The second-order valence-electron chi connectivity index (χ2n) is 5.55. The Hall–Kier alpha value is -1.98. The zero-order chi connectivity index (χ0) is 15.1. The van der Waals surface area contributed by atoms with Crippen molar-refractivity contribution in [2.24, 2.45) is 16.8 Å². The maximum Gasteiger partial charge on any atom is 0.221 e. The van der Waals surface area contributed by atoms with Gasteiger partial charge in [-0.15, -0.1) is 0 Å². The number of nitrogens with zero attached hydrogens (tertiary/aromatic N) is 1. The number of hydrogen-bond acceptors (Lipinski definition) is 4. The van der Waals surface area contributed by atoms with Crippen molar-refractivity contribution in [1.29, 1.82) is 0 Å². The van der Waals surface area contributed by atoms with Crippen LogP contribution >= 0.6 is 0 Å². The average Bonchev–Trinajstić information content (AvgIpc) is 3.04. The van der Waals surface area contributed by atoms with Crippen molar-refractivity contribution >= 4 is 11.7 Å². The largest absolute Gasteiger partial charge is 0.469 e. The molecule has 1 fully saturated rings. The molecule has 1 aliphatic rings. The molecule has 1 aliphatic carbocycles. The number of aryl methyl sites for hydroxylation is 1. The fraction of sp³-hybridized carbons (Fsp3) is 0.600. The molecule has 0 bridgehead atoms. The van der Waals surface area contributed by atoms with Gasteiger partial charge in [0.2, 0.25) is 5.91 Å². The molecule has 21 heavy (non-hydrogen) atoms. The van der Waals surface area contributed by atoms with E-state index in [1.165, 1.54) is 6.42 Å². The first-order valence-electron chi connectivity index (χ1n) is 7.50. The summed E-state index contributed by atoms with van der Waals surface area (Å²) in [6.07, 6.45) is 7.94. The predicted octanol–water partition coefficient (Wildman–Crippen LogP) is 2.02. The summed E-state index contributed by atoms with van der Waals surface area (Å²) in [5, 5.41) is 14.9. The van der Waals surface area contributed by atoms with Crippen LogP contribution in [0.2, 0.25) is 0 Å². The standard InChI is InChI=1S/C15H23N3O3/c16-15(18-20)14(11-5-2-1-3-6-11)17-13(19)9-8-12-7-4-10-21-12/h4,7,10-11,14,20H,1-3,5-6,8-9H2,(H2,16,18)(H,17,19). The van der Waals surface area contributed by atoms with Crippen LogP contribution < -0.4 is 11.1 Å². The van der Waals surface area contributed by atoms with E-state index in [4.69, 9.17) is 15.4 Å². The Morgan fingerprint density at radius 1 is 1.48 bits per heavy atom. The van der Waals surface area contributed by atoms with E-state index in [1.807, 2.05) is 6.07 Å². The van der Waals surface area contributed by atoms with Crippen LogP contribution in [0, 0.1) is 5.92 Å². The Labute approximate surface area is 124 Å². The topological polar surface area (TPSA) is 101 Å². The number of rotatable bonds is 6. The lowest BCUT2D eigenvalue weighted by atomic mass is 9.83. The van der Waals surface area contributed by atoms with Gasteiger partial charge in [-0.05, 0) is 30.9 Å². The molecule has 1 saturated carbocycles. The number of carbonyl (C=O) groups excluding carboxylic acids is 1. The number of nitrogens with two attached hydrogens (primary N) is 1. The molecule has 116 valence electrons. The van der Waals surface area contributed by atoms with E-state index in [0.29, 0.717) is 12.8 Å².